The third kappa shape index (κ3) is 2.49. The third-order valence-corrected chi connectivity index (χ3v) is 4.50. The number of amides is 1. The van der Waals surface area contributed by atoms with E-state index in [1.807, 2.05) is 12.1 Å². The number of thiazole rings is 1. The van der Waals surface area contributed by atoms with E-state index in [9.17, 15) is 4.79 Å². The second kappa shape index (κ2) is 5.40. The fourth-order valence-corrected chi connectivity index (χ4v) is 3.37. The summed E-state index contributed by atoms with van der Waals surface area (Å²) in [4.78, 5) is 18.2. The first-order valence-electron chi connectivity index (χ1n) is 5.63. The molecule has 2 heterocycles. The van der Waals surface area contributed by atoms with Gasteiger partial charge in [0, 0.05) is 16.6 Å². The van der Waals surface area contributed by atoms with E-state index in [0.29, 0.717) is 15.1 Å². The number of anilines is 1. The van der Waals surface area contributed by atoms with E-state index in [1.54, 1.807) is 29.8 Å². The van der Waals surface area contributed by atoms with Gasteiger partial charge in [-0.05, 0) is 35.5 Å². The van der Waals surface area contributed by atoms with Crippen LogP contribution >= 0.6 is 34.7 Å². The molecule has 0 unspecified atom stereocenters. The average Bonchev–Trinajstić information content (AvgIpc) is 3.02. The van der Waals surface area contributed by atoms with Crippen molar-refractivity contribution in [3.05, 3.63) is 51.3 Å². The number of halogens is 1. The van der Waals surface area contributed by atoms with E-state index in [-0.39, 0.29) is 11.1 Å². The molecule has 20 heavy (non-hydrogen) atoms. The van der Waals surface area contributed by atoms with Crippen LogP contribution in [-0.4, -0.2) is 16.1 Å². The molecule has 1 aromatic carbocycles. The molecule has 1 aliphatic rings. The molecule has 1 aliphatic heterocycles. The van der Waals surface area contributed by atoms with Crippen molar-refractivity contribution in [2.45, 2.75) is 0 Å². The maximum Gasteiger partial charge on any atom is 0.273 e. The highest BCUT2D eigenvalue weighted by Gasteiger charge is 2.34. The smallest absolute Gasteiger partial charge is 0.273 e. The van der Waals surface area contributed by atoms with Crippen molar-refractivity contribution in [2.75, 3.05) is 4.90 Å². The standard InChI is InChI=1S/C13H8ClN3OS2/c14-9-3-1-8(2-4-9)7-10-11(18)17(12(15)20-10)13-16-5-6-19-13/h1-7,15H/b10-7-,15-12?. The Labute approximate surface area is 128 Å². The Bertz CT molecular complexity index is 695. The predicted octanol–water partition coefficient (Wildman–Crippen LogP) is 3.85. The number of amidine groups is 1. The lowest BCUT2D eigenvalue weighted by Crippen LogP contribution is -2.27. The minimum absolute atomic E-state index is 0.171. The normalized spacial score (nSPS) is 17.2. The van der Waals surface area contributed by atoms with Crippen molar-refractivity contribution in [1.82, 2.24) is 4.98 Å². The summed E-state index contributed by atoms with van der Waals surface area (Å²) in [7, 11) is 0. The van der Waals surface area contributed by atoms with Crippen molar-refractivity contribution >= 4 is 57.0 Å². The molecule has 0 radical (unpaired) electrons. The summed E-state index contributed by atoms with van der Waals surface area (Å²) < 4.78 is 0. The van der Waals surface area contributed by atoms with Crippen LogP contribution in [0.2, 0.25) is 5.02 Å². The van der Waals surface area contributed by atoms with Gasteiger partial charge in [0.2, 0.25) is 0 Å². The van der Waals surface area contributed by atoms with Gasteiger partial charge in [0.1, 0.15) is 0 Å². The molecule has 1 fully saturated rings. The van der Waals surface area contributed by atoms with Crippen LogP contribution in [-0.2, 0) is 4.79 Å². The van der Waals surface area contributed by atoms with E-state index in [1.165, 1.54) is 16.2 Å². The first kappa shape index (κ1) is 13.4. The number of rotatable bonds is 2. The fourth-order valence-electron chi connectivity index (χ4n) is 1.70. The van der Waals surface area contributed by atoms with Gasteiger partial charge in [-0.25, -0.2) is 9.88 Å². The summed E-state index contributed by atoms with van der Waals surface area (Å²) in [6, 6.07) is 7.20. The minimum atomic E-state index is -0.218. The first-order valence-corrected chi connectivity index (χ1v) is 7.70. The lowest BCUT2D eigenvalue weighted by atomic mass is 10.2. The van der Waals surface area contributed by atoms with E-state index in [0.717, 1.165) is 17.3 Å². The fraction of sp³-hybridized carbons (Fsp3) is 0. The second-order valence-electron chi connectivity index (χ2n) is 3.92. The van der Waals surface area contributed by atoms with Crippen molar-refractivity contribution in [3.63, 3.8) is 0 Å². The van der Waals surface area contributed by atoms with E-state index < -0.39 is 0 Å². The molecule has 2 aromatic rings. The second-order valence-corrected chi connectivity index (χ2v) is 6.26. The monoisotopic (exact) mass is 321 g/mol. The summed E-state index contributed by atoms with van der Waals surface area (Å²) in [6.45, 7) is 0. The molecular weight excluding hydrogens is 314 g/mol. The molecular formula is C13H8ClN3OS2. The third-order valence-electron chi connectivity index (χ3n) is 2.60. The Morgan fingerprint density at radius 1 is 1.30 bits per heavy atom. The van der Waals surface area contributed by atoms with Gasteiger partial charge >= 0.3 is 0 Å². The zero-order chi connectivity index (χ0) is 14.1. The van der Waals surface area contributed by atoms with Crippen LogP contribution in [0, 0.1) is 5.41 Å². The highest BCUT2D eigenvalue weighted by molar-refractivity contribution is 8.19. The minimum Gasteiger partial charge on any atom is -0.278 e. The number of thioether (sulfide) groups is 1. The van der Waals surface area contributed by atoms with Gasteiger partial charge in [0.05, 0.1) is 4.91 Å². The molecule has 100 valence electrons. The van der Waals surface area contributed by atoms with Gasteiger partial charge in [0.25, 0.3) is 5.91 Å². The van der Waals surface area contributed by atoms with Crippen LogP contribution in [0.4, 0.5) is 5.13 Å². The molecule has 4 nitrogen and oxygen atoms in total. The molecule has 0 bridgehead atoms. The Morgan fingerprint density at radius 2 is 2.05 bits per heavy atom. The van der Waals surface area contributed by atoms with Gasteiger partial charge in [-0.15, -0.1) is 11.3 Å². The lowest BCUT2D eigenvalue weighted by molar-refractivity contribution is -0.113. The highest BCUT2D eigenvalue weighted by atomic mass is 35.5. The summed E-state index contributed by atoms with van der Waals surface area (Å²) in [6.07, 6.45) is 3.37. The van der Waals surface area contributed by atoms with Gasteiger partial charge in [-0.3, -0.25) is 10.2 Å². The van der Waals surface area contributed by atoms with Gasteiger partial charge in [0.15, 0.2) is 10.3 Å². The van der Waals surface area contributed by atoms with Crippen molar-refractivity contribution in [1.29, 1.82) is 5.41 Å². The lowest BCUT2D eigenvalue weighted by Gasteiger charge is -2.08. The van der Waals surface area contributed by atoms with Crippen LogP contribution in [0.15, 0.2) is 40.7 Å². The van der Waals surface area contributed by atoms with Crippen molar-refractivity contribution in [2.24, 2.45) is 0 Å². The van der Waals surface area contributed by atoms with Crippen LogP contribution in [0.1, 0.15) is 5.56 Å². The SMILES string of the molecule is N=C1S/C(=C\c2ccc(Cl)cc2)C(=O)N1c1nccs1. The number of hydrogen-bond acceptors (Lipinski definition) is 5. The zero-order valence-electron chi connectivity index (χ0n) is 10.0. The molecule has 1 saturated heterocycles. The molecule has 0 saturated carbocycles. The van der Waals surface area contributed by atoms with E-state index >= 15 is 0 Å². The topological polar surface area (TPSA) is 57.1 Å². The summed E-state index contributed by atoms with van der Waals surface area (Å²) >= 11 is 8.30. The molecule has 7 heteroatoms. The van der Waals surface area contributed by atoms with Crippen LogP contribution in [0.3, 0.4) is 0 Å². The Kier molecular flexibility index (Phi) is 3.60. The molecule has 0 atom stereocenters. The zero-order valence-corrected chi connectivity index (χ0v) is 12.4. The van der Waals surface area contributed by atoms with E-state index in [2.05, 4.69) is 4.98 Å². The highest BCUT2D eigenvalue weighted by Crippen LogP contribution is 2.35. The largest absolute Gasteiger partial charge is 0.278 e. The number of hydrogen-bond donors (Lipinski definition) is 1. The van der Waals surface area contributed by atoms with Crippen LogP contribution < -0.4 is 4.90 Å². The summed E-state index contributed by atoms with van der Waals surface area (Å²) in [5.74, 6) is -0.218. The van der Waals surface area contributed by atoms with E-state index in [4.69, 9.17) is 17.0 Å². The number of benzene rings is 1. The van der Waals surface area contributed by atoms with Crippen molar-refractivity contribution < 1.29 is 4.79 Å². The summed E-state index contributed by atoms with van der Waals surface area (Å²) in [5.41, 5.74) is 0.874. The Hall–Kier alpha value is -1.63. The summed E-state index contributed by atoms with van der Waals surface area (Å²) in [5, 5.41) is 11.0. The number of aromatic nitrogens is 1. The molecule has 1 amide bonds. The predicted molar refractivity (Wildman–Crippen MR) is 84.3 cm³/mol. The number of nitrogens with one attached hydrogen (secondary N) is 1. The average molecular weight is 322 g/mol. The molecule has 0 spiro atoms. The Morgan fingerprint density at radius 3 is 2.70 bits per heavy atom. The quantitative estimate of drug-likeness (QED) is 0.855. The molecule has 3 rings (SSSR count). The number of carbonyl (C=O) groups is 1. The maximum absolute atomic E-state index is 12.3. The molecule has 1 aromatic heterocycles. The molecule has 1 N–H and O–H groups in total. The van der Waals surface area contributed by atoms with Crippen molar-refractivity contribution in [3.8, 4) is 0 Å². The maximum atomic E-state index is 12.3. The van der Waals surface area contributed by atoms with Crippen LogP contribution in [0.25, 0.3) is 6.08 Å². The Balaban J connectivity index is 1.91. The van der Waals surface area contributed by atoms with Gasteiger partial charge < -0.3 is 0 Å². The van der Waals surface area contributed by atoms with Crippen LogP contribution in [0.5, 0.6) is 0 Å². The number of carbonyl (C=O) groups excluding carboxylic acids is 1. The van der Waals surface area contributed by atoms with Gasteiger partial charge in [-0.2, -0.15) is 0 Å². The first-order chi connectivity index (χ1) is 9.65. The number of nitrogens with zero attached hydrogens (tertiary/aromatic N) is 2. The molecule has 0 aliphatic carbocycles. The van der Waals surface area contributed by atoms with Gasteiger partial charge in [-0.1, -0.05) is 23.7 Å².